The lowest BCUT2D eigenvalue weighted by Crippen LogP contribution is -2.43. The second-order valence-corrected chi connectivity index (χ2v) is 5.46. The molecule has 0 atom stereocenters. The van der Waals surface area contributed by atoms with Gasteiger partial charge in [0.1, 0.15) is 6.54 Å². The molecule has 2 rings (SSSR count). The van der Waals surface area contributed by atoms with E-state index in [1.165, 1.54) is 28.7 Å². The zero-order valence-electron chi connectivity index (χ0n) is 7.92. The number of thiazole rings is 1. The third-order valence-electron chi connectivity index (χ3n) is 2.41. The second kappa shape index (κ2) is 2.54. The van der Waals surface area contributed by atoms with Crippen LogP contribution in [0.5, 0.6) is 0 Å². The number of hydrogen-bond donors (Lipinski definition) is 0. The maximum atomic E-state index is 4.53. The molecule has 0 radical (unpaired) electrons. The molecule has 0 aromatic carbocycles. The first-order valence-electron chi connectivity index (χ1n) is 4.34. The maximum absolute atomic E-state index is 4.53. The first-order valence-corrected chi connectivity index (χ1v) is 5.16. The standard InChI is InChI=1S/C9H15N2S/c1-7-10-8-4-5-11(2,3)6-9(8)12-7/h4-6H2,1-3H3/q+1. The molecular weight excluding hydrogens is 168 g/mol. The van der Waals surface area contributed by atoms with Crippen LogP contribution in [0.2, 0.25) is 0 Å². The van der Waals surface area contributed by atoms with Gasteiger partial charge in [-0.15, -0.1) is 11.3 Å². The van der Waals surface area contributed by atoms with E-state index in [1.807, 2.05) is 11.3 Å². The summed E-state index contributed by atoms with van der Waals surface area (Å²) in [4.78, 5) is 6.03. The number of aryl methyl sites for hydroxylation is 1. The Morgan fingerprint density at radius 2 is 2.17 bits per heavy atom. The highest BCUT2D eigenvalue weighted by molar-refractivity contribution is 7.11. The van der Waals surface area contributed by atoms with Gasteiger partial charge in [0.15, 0.2) is 0 Å². The monoisotopic (exact) mass is 183 g/mol. The van der Waals surface area contributed by atoms with Crippen LogP contribution in [0.25, 0.3) is 0 Å². The molecule has 0 saturated carbocycles. The molecule has 0 saturated heterocycles. The van der Waals surface area contributed by atoms with Gasteiger partial charge in [0.2, 0.25) is 0 Å². The van der Waals surface area contributed by atoms with Crippen LogP contribution in [0.3, 0.4) is 0 Å². The third kappa shape index (κ3) is 1.39. The largest absolute Gasteiger partial charge is 0.324 e. The summed E-state index contributed by atoms with van der Waals surface area (Å²) in [5, 5.41) is 1.22. The highest BCUT2D eigenvalue weighted by Crippen LogP contribution is 2.26. The number of likely N-dealkylation sites (N-methyl/N-ethyl adjacent to an activating group) is 1. The number of fused-ring (bicyclic) bond motifs is 1. The van der Waals surface area contributed by atoms with E-state index in [0.717, 1.165) is 10.9 Å². The Morgan fingerprint density at radius 1 is 1.42 bits per heavy atom. The molecule has 0 amide bonds. The fourth-order valence-corrected chi connectivity index (χ4v) is 2.90. The Hall–Kier alpha value is -0.410. The van der Waals surface area contributed by atoms with Crippen molar-refractivity contribution in [3.05, 3.63) is 15.6 Å². The third-order valence-corrected chi connectivity index (χ3v) is 3.41. The molecule has 0 fully saturated rings. The van der Waals surface area contributed by atoms with Crippen LogP contribution in [0.15, 0.2) is 0 Å². The average molecular weight is 183 g/mol. The van der Waals surface area contributed by atoms with Gasteiger partial charge in [-0.3, -0.25) is 0 Å². The summed E-state index contributed by atoms with van der Waals surface area (Å²) in [7, 11) is 4.58. The van der Waals surface area contributed by atoms with E-state index in [1.54, 1.807) is 0 Å². The fraction of sp³-hybridized carbons (Fsp3) is 0.667. The van der Waals surface area contributed by atoms with Crippen LogP contribution in [-0.4, -0.2) is 30.1 Å². The van der Waals surface area contributed by atoms with Gasteiger partial charge in [0.25, 0.3) is 0 Å². The molecule has 0 unspecified atom stereocenters. The number of hydrogen-bond acceptors (Lipinski definition) is 2. The van der Waals surface area contributed by atoms with Crippen LogP contribution in [0.4, 0.5) is 0 Å². The minimum Gasteiger partial charge on any atom is -0.324 e. The number of aromatic nitrogens is 1. The Balaban J connectivity index is 2.34. The van der Waals surface area contributed by atoms with E-state index in [4.69, 9.17) is 0 Å². The predicted octanol–water partition coefficient (Wildman–Crippen LogP) is 1.58. The molecule has 1 aromatic heterocycles. The van der Waals surface area contributed by atoms with Crippen LogP contribution in [0, 0.1) is 6.92 Å². The smallest absolute Gasteiger partial charge is 0.115 e. The number of quaternary nitrogens is 1. The van der Waals surface area contributed by atoms with Gasteiger partial charge >= 0.3 is 0 Å². The Bertz CT molecular complexity index is 301. The minimum absolute atomic E-state index is 1.12. The van der Waals surface area contributed by atoms with Gasteiger partial charge in [-0.1, -0.05) is 0 Å². The van der Waals surface area contributed by atoms with Crippen molar-refractivity contribution in [3.8, 4) is 0 Å². The van der Waals surface area contributed by atoms with Crippen LogP contribution >= 0.6 is 11.3 Å². The van der Waals surface area contributed by atoms with Crippen molar-refractivity contribution in [1.29, 1.82) is 0 Å². The molecule has 1 aromatic rings. The molecule has 0 spiro atoms. The second-order valence-electron chi connectivity index (χ2n) is 4.17. The van der Waals surface area contributed by atoms with Gasteiger partial charge in [0.05, 0.1) is 36.2 Å². The van der Waals surface area contributed by atoms with Crippen molar-refractivity contribution < 1.29 is 4.48 Å². The van der Waals surface area contributed by atoms with Crippen LogP contribution < -0.4 is 0 Å². The molecule has 2 nitrogen and oxygen atoms in total. The van der Waals surface area contributed by atoms with Crippen molar-refractivity contribution in [3.63, 3.8) is 0 Å². The van der Waals surface area contributed by atoms with E-state index in [0.29, 0.717) is 0 Å². The summed E-state index contributed by atoms with van der Waals surface area (Å²) >= 11 is 1.87. The Kier molecular flexibility index (Phi) is 1.73. The molecule has 66 valence electrons. The average Bonchev–Trinajstić information content (AvgIpc) is 2.26. The molecule has 1 aliphatic heterocycles. The van der Waals surface area contributed by atoms with E-state index in [-0.39, 0.29) is 0 Å². The van der Waals surface area contributed by atoms with E-state index >= 15 is 0 Å². The van der Waals surface area contributed by atoms with E-state index in [9.17, 15) is 0 Å². The molecule has 0 N–H and O–H groups in total. The van der Waals surface area contributed by atoms with Gasteiger partial charge in [-0.05, 0) is 6.92 Å². The van der Waals surface area contributed by atoms with Gasteiger partial charge in [0, 0.05) is 6.42 Å². The molecule has 3 heteroatoms. The normalized spacial score (nSPS) is 20.6. The summed E-state index contributed by atoms with van der Waals surface area (Å²) in [6.45, 7) is 4.50. The molecule has 0 aliphatic carbocycles. The SMILES string of the molecule is Cc1nc2c(s1)C[N+](C)(C)CC2. The molecule has 2 heterocycles. The number of rotatable bonds is 0. The zero-order chi connectivity index (χ0) is 8.77. The van der Waals surface area contributed by atoms with E-state index < -0.39 is 0 Å². The van der Waals surface area contributed by atoms with E-state index in [2.05, 4.69) is 26.0 Å². The van der Waals surface area contributed by atoms with Crippen molar-refractivity contribution in [1.82, 2.24) is 4.98 Å². The molecule has 0 bridgehead atoms. The van der Waals surface area contributed by atoms with Crippen LogP contribution in [0.1, 0.15) is 15.6 Å². The lowest BCUT2D eigenvalue weighted by molar-refractivity contribution is -0.905. The summed E-state index contributed by atoms with van der Waals surface area (Å²) < 4.78 is 1.12. The van der Waals surface area contributed by atoms with Crippen molar-refractivity contribution >= 4 is 11.3 Å². The first-order chi connectivity index (χ1) is 5.57. The van der Waals surface area contributed by atoms with Crippen molar-refractivity contribution in [2.24, 2.45) is 0 Å². The maximum Gasteiger partial charge on any atom is 0.115 e. The quantitative estimate of drug-likeness (QED) is 0.557. The first kappa shape index (κ1) is 8.20. The highest BCUT2D eigenvalue weighted by Gasteiger charge is 2.26. The molecule has 1 aliphatic rings. The summed E-state index contributed by atoms with van der Waals surface area (Å²) in [6, 6.07) is 0. The topological polar surface area (TPSA) is 12.9 Å². The fourth-order valence-electron chi connectivity index (χ4n) is 1.71. The van der Waals surface area contributed by atoms with Crippen LogP contribution in [-0.2, 0) is 13.0 Å². The molecular formula is C9H15N2S+. The summed E-state index contributed by atoms with van der Waals surface area (Å²) in [5.74, 6) is 0. The Morgan fingerprint density at radius 3 is 2.92 bits per heavy atom. The van der Waals surface area contributed by atoms with Crippen molar-refractivity contribution in [2.45, 2.75) is 19.9 Å². The molecule has 12 heavy (non-hydrogen) atoms. The lowest BCUT2D eigenvalue weighted by atomic mass is 10.1. The number of nitrogens with zero attached hydrogens (tertiary/aromatic N) is 2. The highest BCUT2D eigenvalue weighted by atomic mass is 32.1. The summed E-state index contributed by atoms with van der Waals surface area (Å²) in [5.41, 5.74) is 1.36. The minimum atomic E-state index is 1.12. The Labute approximate surface area is 77.4 Å². The summed E-state index contributed by atoms with van der Waals surface area (Å²) in [6.07, 6.45) is 1.16. The lowest BCUT2D eigenvalue weighted by Gasteiger charge is -2.32. The zero-order valence-corrected chi connectivity index (χ0v) is 8.74. The van der Waals surface area contributed by atoms with Gasteiger partial charge in [-0.2, -0.15) is 0 Å². The van der Waals surface area contributed by atoms with Crippen molar-refractivity contribution in [2.75, 3.05) is 20.6 Å². The predicted molar refractivity (Wildman–Crippen MR) is 51.2 cm³/mol. The van der Waals surface area contributed by atoms with Gasteiger partial charge in [-0.25, -0.2) is 4.98 Å². The van der Waals surface area contributed by atoms with Gasteiger partial charge < -0.3 is 4.48 Å².